The van der Waals surface area contributed by atoms with Crippen LogP contribution >= 0.6 is 11.6 Å². The Labute approximate surface area is 159 Å². The fraction of sp³-hybridized carbons (Fsp3) is 0.600. The Kier molecular flexibility index (Phi) is 5.18. The predicted molar refractivity (Wildman–Crippen MR) is 101 cm³/mol. The maximum Gasteiger partial charge on any atom is 0.225 e. The second-order valence-corrected chi connectivity index (χ2v) is 8.30. The van der Waals surface area contributed by atoms with E-state index in [2.05, 4.69) is 27.2 Å². The number of carbonyl (C=O) groups is 2. The van der Waals surface area contributed by atoms with Gasteiger partial charge in [0, 0.05) is 42.9 Å². The van der Waals surface area contributed by atoms with Crippen LogP contribution in [-0.4, -0.2) is 60.4 Å². The van der Waals surface area contributed by atoms with Crippen LogP contribution in [0.4, 0.5) is 0 Å². The summed E-state index contributed by atoms with van der Waals surface area (Å²) in [5.74, 6) is 1.08. The Bertz CT molecular complexity index is 662. The van der Waals surface area contributed by atoms with E-state index in [1.807, 2.05) is 12.1 Å². The minimum atomic E-state index is 0.157. The summed E-state index contributed by atoms with van der Waals surface area (Å²) in [6, 6.07) is 8.34. The number of benzene rings is 1. The van der Waals surface area contributed by atoms with E-state index >= 15 is 0 Å². The lowest BCUT2D eigenvalue weighted by Crippen LogP contribution is -2.55. The van der Waals surface area contributed by atoms with Crippen LogP contribution in [0.1, 0.15) is 37.2 Å². The molecule has 0 saturated carbocycles. The van der Waals surface area contributed by atoms with Crippen molar-refractivity contribution in [1.29, 1.82) is 0 Å². The topological polar surface area (TPSA) is 52.7 Å². The van der Waals surface area contributed by atoms with E-state index in [1.165, 1.54) is 5.56 Å². The molecule has 3 aliphatic rings. The van der Waals surface area contributed by atoms with Gasteiger partial charge in [-0.1, -0.05) is 23.7 Å². The number of nitrogens with zero attached hydrogens (tertiary/aromatic N) is 2. The first-order valence-corrected chi connectivity index (χ1v) is 10.0. The van der Waals surface area contributed by atoms with Crippen molar-refractivity contribution in [2.75, 3.05) is 32.7 Å². The second-order valence-electron chi connectivity index (χ2n) is 7.86. The van der Waals surface area contributed by atoms with Crippen LogP contribution in [0.15, 0.2) is 24.3 Å². The van der Waals surface area contributed by atoms with Crippen LogP contribution in [0.5, 0.6) is 0 Å². The van der Waals surface area contributed by atoms with E-state index in [1.54, 1.807) is 0 Å². The van der Waals surface area contributed by atoms with Crippen LogP contribution < -0.4 is 5.32 Å². The molecule has 1 aromatic rings. The van der Waals surface area contributed by atoms with Gasteiger partial charge in [0.1, 0.15) is 0 Å². The summed E-state index contributed by atoms with van der Waals surface area (Å²) in [5.41, 5.74) is 1.28. The van der Waals surface area contributed by atoms with Crippen molar-refractivity contribution in [2.45, 2.75) is 37.6 Å². The molecule has 0 spiro atoms. The van der Waals surface area contributed by atoms with Gasteiger partial charge in [0.15, 0.2) is 0 Å². The molecular formula is C20H26ClN3O2. The van der Waals surface area contributed by atoms with Gasteiger partial charge >= 0.3 is 0 Å². The fourth-order valence-corrected chi connectivity index (χ4v) is 4.57. The van der Waals surface area contributed by atoms with E-state index in [0.29, 0.717) is 24.3 Å². The number of hydrogen-bond donors (Lipinski definition) is 1. The highest BCUT2D eigenvalue weighted by molar-refractivity contribution is 6.30. The van der Waals surface area contributed by atoms with E-state index in [4.69, 9.17) is 11.6 Å². The Hall–Kier alpha value is -1.59. The third kappa shape index (κ3) is 3.89. The SMILES string of the molecule is O=C1CC(CN2CCC(C(=O)N3CCC(c4ccc(Cl)cc4)C3)CC2)N1. The van der Waals surface area contributed by atoms with Gasteiger partial charge in [-0.05, 0) is 50.0 Å². The minimum absolute atomic E-state index is 0.157. The lowest BCUT2D eigenvalue weighted by molar-refractivity contribution is -0.136. The van der Waals surface area contributed by atoms with Crippen LogP contribution in [0.25, 0.3) is 0 Å². The van der Waals surface area contributed by atoms with Gasteiger partial charge in [-0.3, -0.25) is 9.59 Å². The monoisotopic (exact) mass is 375 g/mol. The van der Waals surface area contributed by atoms with E-state index in [0.717, 1.165) is 57.0 Å². The summed E-state index contributed by atoms with van der Waals surface area (Å²) in [6.07, 6.45) is 3.55. The molecule has 0 bridgehead atoms. The fourth-order valence-electron chi connectivity index (χ4n) is 4.44. The molecule has 2 atom stereocenters. The Balaban J connectivity index is 1.25. The van der Waals surface area contributed by atoms with Gasteiger partial charge in [0.2, 0.25) is 11.8 Å². The standard InChI is InChI=1S/C20H26ClN3O2/c21-17-3-1-14(2-4-17)16-7-10-24(12-16)20(26)15-5-8-23(9-6-15)13-18-11-19(25)22-18/h1-4,15-16,18H,5-13H2,(H,22,25). The average Bonchev–Trinajstić information content (AvgIpc) is 3.11. The zero-order chi connectivity index (χ0) is 18.1. The normalized spacial score (nSPS) is 27.3. The highest BCUT2D eigenvalue weighted by Crippen LogP contribution is 2.30. The van der Waals surface area contributed by atoms with Crippen molar-refractivity contribution in [1.82, 2.24) is 15.1 Å². The lowest BCUT2D eigenvalue weighted by Gasteiger charge is -2.37. The Morgan fingerprint density at radius 3 is 2.46 bits per heavy atom. The van der Waals surface area contributed by atoms with Gasteiger partial charge < -0.3 is 15.1 Å². The lowest BCUT2D eigenvalue weighted by atomic mass is 9.94. The number of amides is 2. The molecule has 2 unspecified atom stereocenters. The molecule has 4 rings (SSSR count). The summed E-state index contributed by atoms with van der Waals surface area (Å²) in [5, 5.41) is 3.69. The maximum absolute atomic E-state index is 12.9. The first-order chi connectivity index (χ1) is 12.6. The molecule has 3 heterocycles. The largest absolute Gasteiger partial charge is 0.351 e. The number of nitrogens with one attached hydrogen (secondary N) is 1. The first kappa shape index (κ1) is 17.8. The van der Waals surface area contributed by atoms with E-state index < -0.39 is 0 Å². The molecule has 6 heteroatoms. The maximum atomic E-state index is 12.9. The molecule has 1 aromatic carbocycles. The van der Waals surface area contributed by atoms with Crippen LogP contribution in [0.3, 0.4) is 0 Å². The van der Waals surface area contributed by atoms with Gasteiger partial charge in [-0.15, -0.1) is 0 Å². The van der Waals surface area contributed by atoms with Crippen molar-refractivity contribution >= 4 is 23.4 Å². The van der Waals surface area contributed by atoms with Gasteiger partial charge in [-0.2, -0.15) is 0 Å². The summed E-state index contributed by atoms with van der Waals surface area (Å²) < 4.78 is 0. The number of β-lactam (4-membered cyclic amide) rings is 1. The molecule has 3 aliphatic heterocycles. The molecule has 140 valence electrons. The van der Waals surface area contributed by atoms with E-state index in [-0.39, 0.29) is 11.8 Å². The van der Waals surface area contributed by atoms with E-state index in [9.17, 15) is 9.59 Å². The number of likely N-dealkylation sites (tertiary alicyclic amines) is 2. The van der Waals surface area contributed by atoms with Crippen molar-refractivity contribution in [3.63, 3.8) is 0 Å². The molecule has 3 saturated heterocycles. The van der Waals surface area contributed by atoms with Gasteiger partial charge in [0.05, 0.1) is 6.04 Å². The predicted octanol–water partition coefficient (Wildman–Crippen LogP) is 2.26. The summed E-state index contributed by atoms with van der Waals surface area (Å²) in [6.45, 7) is 4.53. The number of carbonyl (C=O) groups excluding carboxylic acids is 2. The van der Waals surface area contributed by atoms with Gasteiger partial charge in [0.25, 0.3) is 0 Å². The van der Waals surface area contributed by atoms with Crippen LogP contribution in [0.2, 0.25) is 5.02 Å². The third-order valence-electron chi connectivity index (χ3n) is 6.05. The summed E-state index contributed by atoms with van der Waals surface area (Å²) in [7, 11) is 0. The summed E-state index contributed by atoms with van der Waals surface area (Å²) in [4.78, 5) is 28.3. The number of hydrogen-bond acceptors (Lipinski definition) is 3. The summed E-state index contributed by atoms with van der Waals surface area (Å²) >= 11 is 5.97. The highest BCUT2D eigenvalue weighted by Gasteiger charge is 2.34. The number of piperidine rings is 1. The number of halogens is 1. The first-order valence-electron chi connectivity index (χ1n) is 9.64. The zero-order valence-corrected chi connectivity index (χ0v) is 15.8. The van der Waals surface area contributed by atoms with Gasteiger partial charge in [-0.25, -0.2) is 0 Å². The average molecular weight is 376 g/mol. The Morgan fingerprint density at radius 1 is 1.12 bits per heavy atom. The molecule has 5 nitrogen and oxygen atoms in total. The zero-order valence-electron chi connectivity index (χ0n) is 15.0. The molecule has 0 radical (unpaired) electrons. The molecular weight excluding hydrogens is 350 g/mol. The highest BCUT2D eigenvalue weighted by atomic mass is 35.5. The minimum Gasteiger partial charge on any atom is -0.351 e. The second kappa shape index (κ2) is 7.57. The molecule has 1 N–H and O–H groups in total. The van der Waals surface area contributed by atoms with Crippen molar-refractivity contribution in [2.24, 2.45) is 5.92 Å². The van der Waals surface area contributed by atoms with Crippen LogP contribution in [-0.2, 0) is 9.59 Å². The van der Waals surface area contributed by atoms with Crippen molar-refractivity contribution in [3.05, 3.63) is 34.9 Å². The molecule has 2 amide bonds. The Morgan fingerprint density at radius 2 is 1.81 bits per heavy atom. The molecule has 0 aromatic heterocycles. The number of rotatable bonds is 4. The third-order valence-corrected chi connectivity index (χ3v) is 6.31. The van der Waals surface area contributed by atoms with Crippen LogP contribution in [0, 0.1) is 5.92 Å². The van der Waals surface area contributed by atoms with Crippen molar-refractivity contribution < 1.29 is 9.59 Å². The smallest absolute Gasteiger partial charge is 0.225 e. The molecule has 0 aliphatic carbocycles. The molecule has 3 fully saturated rings. The van der Waals surface area contributed by atoms with Crippen molar-refractivity contribution in [3.8, 4) is 0 Å². The quantitative estimate of drug-likeness (QED) is 0.821. The molecule has 26 heavy (non-hydrogen) atoms.